The van der Waals surface area contributed by atoms with E-state index in [-0.39, 0.29) is 17.7 Å². The lowest BCUT2D eigenvalue weighted by atomic mass is 10.1. The first kappa shape index (κ1) is 13.8. The molecule has 1 amide bonds. The van der Waals surface area contributed by atoms with Gasteiger partial charge in [-0.15, -0.1) is 11.6 Å². The van der Waals surface area contributed by atoms with Gasteiger partial charge >= 0.3 is 0 Å². The first-order valence-corrected chi connectivity index (χ1v) is 6.17. The molecule has 0 aliphatic carbocycles. The number of phenols is 1. The van der Waals surface area contributed by atoms with Gasteiger partial charge in [0.1, 0.15) is 5.75 Å². The molecule has 0 saturated heterocycles. The molecular formula is C13H18ClNO2. The van der Waals surface area contributed by atoms with Crippen LogP contribution in [0.15, 0.2) is 18.2 Å². The van der Waals surface area contributed by atoms with Crippen LogP contribution in [0.2, 0.25) is 0 Å². The van der Waals surface area contributed by atoms with Crippen LogP contribution in [0.3, 0.4) is 0 Å². The zero-order chi connectivity index (χ0) is 13.0. The number of carbonyl (C=O) groups excluding carboxylic acids is 1. The maximum atomic E-state index is 12.3. The summed E-state index contributed by atoms with van der Waals surface area (Å²) >= 11 is 5.69. The topological polar surface area (TPSA) is 40.5 Å². The summed E-state index contributed by atoms with van der Waals surface area (Å²) in [6, 6.07) is 5.07. The summed E-state index contributed by atoms with van der Waals surface area (Å²) < 4.78 is 0. The van der Waals surface area contributed by atoms with Crippen LogP contribution in [0, 0.1) is 6.92 Å². The van der Waals surface area contributed by atoms with Crippen molar-refractivity contribution in [3.05, 3.63) is 29.3 Å². The van der Waals surface area contributed by atoms with E-state index in [0.29, 0.717) is 18.0 Å². The Morgan fingerprint density at radius 1 is 1.47 bits per heavy atom. The van der Waals surface area contributed by atoms with E-state index >= 15 is 0 Å². The Balaban J connectivity index is 3.04. The van der Waals surface area contributed by atoms with Gasteiger partial charge < -0.3 is 10.0 Å². The largest absolute Gasteiger partial charge is 0.507 e. The first-order chi connectivity index (χ1) is 7.97. The fraction of sp³-hybridized carbons (Fsp3) is 0.462. The fourth-order valence-electron chi connectivity index (χ4n) is 1.66. The second-order valence-electron chi connectivity index (χ2n) is 4.30. The minimum Gasteiger partial charge on any atom is -0.507 e. The summed E-state index contributed by atoms with van der Waals surface area (Å²) in [6.07, 6.45) is 0. The number of hydrogen-bond acceptors (Lipinski definition) is 2. The van der Waals surface area contributed by atoms with E-state index in [0.717, 1.165) is 5.56 Å². The number of carbonyl (C=O) groups is 1. The number of phenolic OH excluding ortho intramolecular Hbond substituents is 1. The molecule has 0 atom stereocenters. The van der Waals surface area contributed by atoms with Crippen molar-refractivity contribution < 1.29 is 9.90 Å². The lowest BCUT2D eigenvalue weighted by molar-refractivity contribution is 0.0715. The van der Waals surface area contributed by atoms with Gasteiger partial charge in [-0.2, -0.15) is 0 Å². The molecule has 0 aromatic heterocycles. The second-order valence-corrected chi connectivity index (χ2v) is 4.68. The molecule has 1 aromatic rings. The molecule has 0 bridgehead atoms. The van der Waals surface area contributed by atoms with Gasteiger partial charge in [-0.1, -0.05) is 11.6 Å². The molecule has 17 heavy (non-hydrogen) atoms. The molecule has 0 radical (unpaired) electrons. The zero-order valence-electron chi connectivity index (χ0n) is 10.4. The highest BCUT2D eigenvalue weighted by atomic mass is 35.5. The Hall–Kier alpha value is -1.22. The lowest BCUT2D eigenvalue weighted by Crippen LogP contribution is -2.38. The average Bonchev–Trinajstić information content (AvgIpc) is 2.28. The number of nitrogens with zero attached hydrogens (tertiary/aromatic N) is 1. The van der Waals surface area contributed by atoms with Crippen molar-refractivity contribution in [2.75, 3.05) is 12.4 Å². The van der Waals surface area contributed by atoms with E-state index in [1.54, 1.807) is 23.1 Å². The van der Waals surface area contributed by atoms with Crippen LogP contribution in [0.1, 0.15) is 29.8 Å². The monoisotopic (exact) mass is 255 g/mol. The fourth-order valence-corrected chi connectivity index (χ4v) is 1.84. The molecular weight excluding hydrogens is 238 g/mol. The van der Waals surface area contributed by atoms with Crippen molar-refractivity contribution in [1.29, 1.82) is 0 Å². The van der Waals surface area contributed by atoms with Gasteiger partial charge in [0.2, 0.25) is 0 Å². The van der Waals surface area contributed by atoms with Crippen LogP contribution in [-0.2, 0) is 0 Å². The van der Waals surface area contributed by atoms with Crippen LogP contribution in [0.5, 0.6) is 5.75 Å². The molecule has 0 unspecified atom stereocenters. The molecule has 0 fully saturated rings. The summed E-state index contributed by atoms with van der Waals surface area (Å²) in [5, 5.41) is 9.72. The van der Waals surface area contributed by atoms with E-state index in [9.17, 15) is 9.90 Å². The molecule has 3 nitrogen and oxygen atoms in total. The minimum atomic E-state index is -0.179. The van der Waals surface area contributed by atoms with E-state index in [4.69, 9.17) is 11.6 Å². The standard InChI is InChI=1S/C13H18ClNO2/c1-9(2)15(7-6-14)13(17)11-8-10(3)4-5-12(11)16/h4-5,8-9,16H,6-7H2,1-3H3. The molecule has 1 N–H and O–H groups in total. The molecule has 94 valence electrons. The second kappa shape index (κ2) is 5.92. The number of rotatable bonds is 4. The number of aryl methyl sites for hydroxylation is 1. The summed E-state index contributed by atoms with van der Waals surface area (Å²) in [5.74, 6) is 0.221. The number of alkyl halides is 1. The predicted octanol–water partition coefficient (Wildman–Crippen LogP) is 2.79. The van der Waals surface area contributed by atoms with E-state index < -0.39 is 0 Å². The first-order valence-electron chi connectivity index (χ1n) is 5.64. The van der Waals surface area contributed by atoms with E-state index in [2.05, 4.69) is 0 Å². The van der Waals surface area contributed by atoms with Crippen molar-refractivity contribution >= 4 is 17.5 Å². The number of hydrogen-bond donors (Lipinski definition) is 1. The van der Waals surface area contributed by atoms with Crippen molar-refractivity contribution in [3.8, 4) is 5.75 Å². The maximum absolute atomic E-state index is 12.3. The van der Waals surface area contributed by atoms with Crippen LogP contribution < -0.4 is 0 Å². The summed E-state index contributed by atoms with van der Waals surface area (Å²) in [4.78, 5) is 13.9. The number of benzene rings is 1. The van der Waals surface area contributed by atoms with E-state index in [1.807, 2.05) is 20.8 Å². The van der Waals surface area contributed by atoms with Crippen molar-refractivity contribution in [2.45, 2.75) is 26.8 Å². The predicted molar refractivity (Wildman–Crippen MR) is 69.7 cm³/mol. The third-order valence-electron chi connectivity index (χ3n) is 2.59. The van der Waals surface area contributed by atoms with Gasteiger partial charge in [-0.25, -0.2) is 0 Å². The number of halogens is 1. The maximum Gasteiger partial charge on any atom is 0.257 e. The molecule has 0 saturated carbocycles. The van der Waals surface area contributed by atoms with Crippen LogP contribution in [-0.4, -0.2) is 34.4 Å². The molecule has 1 rings (SSSR count). The van der Waals surface area contributed by atoms with Crippen molar-refractivity contribution in [2.24, 2.45) is 0 Å². The Morgan fingerprint density at radius 2 is 2.12 bits per heavy atom. The molecule has 0 aliphatic heterocycles. The van der Waals surface area contributed by atoms with Gasteiger partial charge in [-0.05, 0) is 32.9 Å². The minimum absolute atomic E-state index is 0.0147. The van der Waals surface area contributed by atoms with Gasteiger partial charge in [0.25, 0.3) is 5.91 Å². The highest BCUT2D eigenvalue weighted by Gasteiger charge is 2.20. The average molecular weight is 256 g/mol. The quantitative estimate of drug-likeness (QED) is 0.841. The molecule has 0 heterocycles. The van der Waals surface area contributed by atoms with Gasteiger partial charge in [0.15, 0.2) is 0 Å². The molecule has 0 aliphatic rings. The van der Waals surface area contributed by atoms with Crippen molar-refractivity contribution in [3.63, 3.8) is 0 Å². The van der Waals surface area contributed by atoms with Gasteiger partial charge in [0, 0.05) is 18.5 Å². The highest BCUT2D eigenvalue weighted by Crippen LogP contribution is 2.21. The SMILES string of the molecule is Cc1ccc(O)c(C(=O)N(CCCl)C(C)C)c1. The van der Waals surface area contributed by atoms with Crippen LogP contribution >= 0.6 is 11.6 Å². The van der Waals surface area contributed by atoms with Crippen LogP contribution in [0.4, 0.5) is 0 Å². The zero-order valence-corrected chi connectivity index (χ0v) is 11.2. The molecule has 1 aromatic carbocycles. The Morgan fingerprint density at radius 3 is 2.65 bits per heavy atom. The third kappa shape index (κ3) is 3.37. The van der Waals surface area contributed by atoms with Gasteiger partial charge in [-0.3, -0.25) is 4.79 Å². The van der Waals surface area contributed by atoms with Gasteiger partial charge in [0.05, 0.1) is 5.56 Å². The Bertz CT molecular complexity index is 404. The highest BCUT2D eigenvalue weighted by molar-refractivity contribution is 6.18. The van der Waals surface area contributed by atoms with E-state index in [1.165, 1.54) is 0 Å². The third-order valence-corrected chi connectivity index (χ3v) is 2.76. The summed E-state index contributed by atoms with van der Waals surface area (Å²) in [5.41, 5.74) is 1.28. The smallest absolute Gasteiger partial charge is 0.257 e. The molecule has 0 spiro atoms. The Labute approximate surface area is 107 Å². The number of amides is 1. The normalized spacial score (nSPS) is 10.6. The number of aromatic hydroxyl groups is 1. The van der Waals surface area contributed by atoms with Crippen LogP contribution in [0.25, 0.3) is 0 Å². The summed E-state index contributed by atoms with van der Waals surface area (Å²) in [7, 11) is 0. The molecule has 4 heteroatoms. The van der Waals surface area contributed by atoms with Crippen molar-refractivity contribution in [1.82, 2.24) is 4.90 Å². The summed E-state index contributed by atoms with van der Waals surface area (Å²) in [6.45, 7) is 6.22. The lowest BCUT2D eigenvalue weighted by Gasteiger charge is -2.26. The Kier molecular flexibility index (Phi) is 4.82.